The minimum Gasteiger partial charge on any atom is -0.415 e. The molecule has 0 unspecified atom stereocenters. The smallest absolute Gasteiger partial charge is 0.415 e. The summed E-state index contributed by atoms with van der Waals surface area (Å²) in [5.41, 5.74) is -1.15. The molecule has 0 fully saturated rings. The Morgan fingerprint density at radius 3 is 2.36 bits per heavy atom. The second-order valence-electron chi connectivity index (χ2n) is 2.37. The van der Waals surface area contributed by atoms with Crippen LogP contribution in [0.5, 0.6) is 5.88 Å². The van der Waals surface area contributed by atoms with Crippen LogP contribution in [0.25, 0.3) is 0 Å². The van der Waals surface area contributed by atoms with Gasteiger partial charge in [0.05, 0.1) is 0 Å². The molecule has 0 aromatic carbocycles. The molecule has 0 saturated heterocycles. The van der Waals surface area contributed by atoms with Crippen LogP contribution in [0, 0.1) is 0 Å². The Kier molecular flexibility index (Phi) is 2.63. The summed E-state index contributed by atoms with van der Waals surface area (Å²) < 4.78 is 63.6. The third-order valence-corrected chi connectivity index (χ3v) is 1.36. The minimum absolute atomic E-state index is 0.409. The average molecular weight is 216 g/mol. The molecule has 0 saturated carbocycles. The first kappa shape index (κ1) is 10.7. The van der Waals surface area contributed by atoms with Crippen LogP contribution in [-0.2, 0) is 13.2 Å². The Morgan fingerprint density at radius 1 is 1.43 bits per heavy atom. The third-order valence-electron chi connectivity index (χ3n) is 1.36. The fourth-order valence-corrected chi connectivity index (χ4v) is 0.855. The van der Waals surface area contributed by atoms with Crippen molar-refractivity contribution < 1.29 is 26.7 Å². The lowest BCUT2D eigenvalue weighted by Crippen LogP contribution is -2.11. The highest BCUT2D eigenvalue weighted by atomic mass is 19.4. The van der Waals surface area contributed by atoms with Crippen molar-refractivity contribution in [2.24, 2.45) is 7.05 Å². The summed E-state index contributed by atoms with van der Waals surface area (Å²) in [5, 5.41) is 3.11. The van der Waals surface area contributed by atoms with Crippen LogP contribution < -0.4 is 4.74 Å². The number of aryl methyl sites for hydroxylation is 1. The quantitative estimate of drug-likeness (QED) is 0.707. The van der Waals surface area contributed by atoms with Gasteiger partial charge < -0.3 is 4.74 Å². The Morgan fingerprint density at radius 2 is 2.00 bits per heavy atom. The van der Waals surface area contributed by atoms with Gasteiger partial charge in [-0.1, -0.05) is 0 Å². The molecule has 8 heteroatoms. The maximum Gasteiger partial charge on any atom is 0.433 e. The Labute approximate surface area is 75.1 Å². The van der Waals surface area contributed by atoms with Crippen molar-refractivity contribution in [2.75, 3.05) is 0 Å². The van der Waals surface area contributed by atoms with Crippen molar-refractivity contribution in [3.8, 4) is 5.88 Å². The summed E-state index contributed by atoms with van der Waals surface area (Å²) in [6.45, 7) is -3.19. The first-order valence-electron chi connectivity index (χ1n) is 3.36. The number of halogens is 5. The first-order valence-corrected chi connectivity index (χ1v) is 3.36. The van der Waals surface area contributed by atoms with Crippen LogP contribution in [-0.4, -0.2) is 16.4 Å². The zero-order valence-corrected chi connectivity index (χ0v) is 6.85. The minimum atomic E-state index is -4.63. The molecule has 1 heterocycles. The van der Waals surface area contributed by atoms with E-state index in [1.807, 2.05) is 0 Å². The van der Waals surface area contributed by atoms with Gasteiger partial charge in [0.25, 0.3) is 0 Å². The molecule has 0 radical (unpaired) electrons. The van der Waals surface area contributed by atoms with Crippen LogP contribution >= 0.6 is 0 Å². The lowest BCUT2D eigenvalue weighted by molar-refractivity contribution is -0.143. The van der Waals surface area contributed by atoms with Crippen LogP contribution in [0.2, 0.25) is 0 Å². The van der Waals surface area contributed by atoms with E-state index in [1.54, 1.807) is 0 Å². The zero-order chi connectivity index (χ0) is 10.9. The van der Waals surface area contributed by atoms with Gasteiger partial charge in [-0.15, -0.1) is 5.10 Å². The molecule has 0 aliphatic carbocycles. The van der Waals surface area contributed by atoms with Crippen LogP contribution in [0.1, 0.15) is 5.69 Å². The number of hydrogen-bond acceptors (Lipinski definition) is 2. The lowest BCUT2D eigenvalue weighted by Gasteiger charge is -2.04. The zero-order valence-electron chi connectivity index (χ0n) is 6.85. The van der Waals surface area contributed by atoms with Crippen molar-refractivity contribution in [1.29, 1.82) is 0 Å². The van der Waals surface area contributed by atoms with Crippen molar-refractivity contribution >= 4 is 0 Å². The number of nitrogens with zero attached hydrogens (tertiary/aromatic N) is 2. The van der Waals surface area contributed by atoms with E-state index in [2.05, 4.69) is 9.84 Å². The number of rotatable bonds is 2. The van der Waals surface area contributed by atoms with Gasteiger partial charge in [0.15, 0.2) is 0 Å². The normalized spacial score (nSPS) is 12.2. The maximum atomic E-state index is 12.1. The predicted octanol–water partition coefficient (Wildman–Crippen LogP) is 2.04. The fraction of sp³-hybridized carbons (Fsp3) is 0.500. The van der Waals surface area contributed by atoms with Crippen molar-refractivity contribution in [2.45, 2.75) is 12.8 Å². The molecule has 1 aromatic heterocycles. The lowest BCUT2D eigenvalue weighted by atomic mass is 10.4. The topological polar surface area (TPSA) is 27.1 Å². The Hall–Kier alpha value is -1.34. The second-order valence-corrected chi connectivity index (χ2v) is 2.37. The van der Waals surface area contributed by atoms with Crippen molar-refractivity contribution in [3.05, 3.63) is 11.8 Å². The molecule has 0 spiro atoms. The summed E-state index contributed by atoms with van der Waals surface area (Å²) in [5.74, 6) is -0.755. The van der Waals surface area contributed by atoms with Gasteiger partial charge in [-0.2, -0.15) is 22.0 Å². The molecule has 14 heavy (non-hydrogen) atoms. The maximum absolute atomic E-state index is 12.1. The molecule has 1 aromatic rings. The highest BCUT2D eigenvalue weighted by Gasteiger charge is 2.35. The molecule has 0 N–H and O–H groups in total. The summed E-state index contributed by atoms with van der Waals surface area (Å²) >= 11 is 0. The first-order chi connectivity index (χ1) is 6.30. The van der Waals surface area contributed by atoms with E-state index >= 15 is 0 Å². The van der Waals surface area contributed by atoms with Gasteiger partial charge in [0.1, 0.15) is 5.69 Å². The average Bonchev–Trinajstić information content (AvgIpc) is 2.27. The number of ether oxygens (including phenoxy) is 1. The molecule has 80 valence electrons. The van der Waals surface area contributed by atoms with Gasteiger partial charge in [0, 0.05) is 13.1 Å². The number of hydrogen-bond donors (Lipinski definition) is 0. The Bertz CT molecular complexity index is 319. The monoisotopic (exact) mass is 216 g/mol. The standard InChI is InChI=1S/C6H5F5N2O/c1-13-3(6(9,10)11)2-4(12-13)14-5(7)8/h2,5H,1H3. The van der Waals surface area contributed by atoms with E-state index in [-0.39, 0.29) is 0 Å². The van der Waals surface area contributed by atoms with Gasteiger partial charge in [0.2, 0.25) is 5.88 Å². The van der Waals surface area contributed by atoms with Gasteiger partial charge in [-0.05, 0) is 0 Å². The van der Waals surface area contributed by atoms with Crippen molar-refractivity contribution in [3.63, 3.8) is 0 Å². The molecule has 0 aliphatic rings. The van der Waals surface area contributed by atoms with E-state index in [0.29, 0.717) is 10.7 Å². The summed E-state index contributed by atoms with van der Waals surface area (Å²) in [4.78, 5) is 0. The summed E-state index contributed by atoms with van der Waals surface area (Å²) in [7, 11) is 0.987. The van der Waals surface area contributed by atoms with Crippen LogP contribution in [0.15, 0.2) is 6.07 Å². The molecule has 0 aliphatic heterocycles. The highest BCUT2D eigenvalue weighted by Crippen LogP contribution is 2.31. The molecule has 3 nitrogen and oxygen atoms in total. The van der Waals surface area contributed by atoms with Gasteiger partial charge in [-0.3, -0.25) is 4.68 Å². The molecule has 0 bridgehead atoms. The predicted molar refractivity (Wildman–Crippen MR) is 34.8 cm³/mol. The van der Waals surface area contributed by atoms with Crippen molar-refractivity contribution in [1.82, 2.24) is 9.78 Å². The van der Waals surface area contributed by atoms with E-state index in [1.165, 1.54) is 0 Å². The third kappa shape index (κ3) is 2.33. The highest BCUT2D eigenvalue weighted by molar-refractivity contribution is 5.17. The van der Waals surface area contributed by atoms with E-state index in [0.717, 1.165) is 7.05 Å². The fourth-order valence-electron chi connectivity index (χ4n) is 0.855. The molecule has 1 rings (SSSR count). The Balaban J connectivity index is 2.94. The van der Waals surface area contributed by atoms with Crippen LogP contribution in [0.4, 0.5) is 22.0 Å². The van der Waals surface area contributed by atoms with Gasteiger partial charge >= 0.3 is 12.8 Å². The molecule has 0 amide bonds. The summed E-state index contributed by atoms with van der Waals surface area (Å²) in [6.07, 6.45) is -4.63. The number of alkyl halides is 5. The van der Waals surface area contributed by atoms with E-state index in [4.69, 9.17) is 0 Å². The van der Waals surface area contributed by atoms with Crippen LogP contribution in [0.3, 0.4) is 0 Å². The molecular formula is C6H5F5N2O. The number of aromatic nitrogens is 2. The molecular weight excluding hydrogens is 211 g/mol. The van der Waals surface area contributed by atoms with E-state index < -0.39 is 24.4 Å². The summed E-state index contributed by atoms with van der Waals surface area (Å²) in [6, 6.07) is 0.409. The second kappa shape index (κ2) is 3.43. The van der Waals surface area contributed by atoms with E-state index in [9.17, 15) is 22.0 Å². The molecule has 0 atom stereocenters. The van der Waals surface area contributed by atoms with Gasteiger partial charge in [-0.25, -0.2) is 0 Å². The SMILES string of the molecule is Cn1nc(OC(F)F)cc1C(F)(F)F. The largest absolute Gasteiger partial charge is 0.433 e.